The average molecular weight is 389 g/mol. The minimum atomic E-state index is 0.0353. The van der Waals surface area contributed by atoms with E-state index in [1.54, 1.807) is 29.0 Å². The van der Waals surface area contributed by atoms with Crippen molar-refractivity contribution < 1.29 is 4.79 Å². The highest BCUT2D eigenvalue weighted by Crippen LogP contribution is 2.17. The summed E-state index contributed by atoms with van der Waals surface area (Å²) in [6, 6.07) is 0. The van der Waals surface area contributed by atoms with Crippen molar-refractivity contribution in [2.45, 2.75) is 39.9 Å². The molecule has 0 fully saturated rings. The minimum Gasteiger partial charge on any atom is -0.340 e. The molecule has 2 rings (SSSR count). The van der Waals surface area contributed by atoms with Crippen molar-refractivity contribution in [3.05, 3.63) is 33.3 Å². The Morgan fingerprint density at radius 3 is 2.77 bits per heavy atom. The number of halogens is 2. The molecule has 0 spiro atoms. The summed E-state index contributed by atoms with van der Waals surface area (Å²) in [4.78, 5) is 13.9. The number of rotatable bonds is 6. The Labute approximate surface area is 143 Å². The maximum absolute atomic E-state index is 12.2. The number of hydrogen-bond acceptors (Lipinski definition) is 3. The first-order valence-electron chi connectivity index (χ1n) is 7.06. The van der Waals surface area contributed by atoms with Crippen molar-refractivity contribution in [3.63, 3.8) is 0 Å². The molecule has 2 aromatic heterocycles. The quantitative estimate of drug-likeness (QED) is 0.764. The Morgan fingerprint density at radius 2 is 2.23 bits per heavy atom. The van der Waals surface area contributed by atoms with Gasteiger partial charge in [-0.3, -0.25) is 14.2 Å². The van der Waals surface area contributed by atoms with E-state index < -0.39 is 0 Å². The van der Waals surface area contributed by atoms with Crippen LogP contribution in [-0.4, -0.2) is 37.4 Å². The molecular weight excluding hydrogens is 370 g/mol. The van der Waals surface area contributed by atoms with Gasteiger partial charge in [0.1, 0.15) is 5.69 Å². The zero-order chi connectivity index (χ0) is 16.3. The van der Waals surface area contributed by atoms with Gasteiger partial charge in [-0.05, 0) is 29.8 Å². The molecule has 1 amide bonds. The summed E-state index contributed by atoms with van der Waals surface area (Å²) in [6.45, 7) is 5.67. The van der Waals surface area contributed by atoms with Crippen molar-refractivity contribution >= 4 is 33.4 Å². The number of hydrogen-bond donors (Lipinski definition) is 0. The van der Waals surface area contributed by atoms with Crippen LogP contribution in [0.15, 0.2) is 16.9 Å². The molecule has 0 saturated heterocycles. The zero-order valence-electron chi connectivity index (χ0n) is 12.9. The Hall–Kier alpha value is -1.34. The van der Waals surface area contributed by atoms with Crippen molar-refractivity contribution in [2.24, 2.45) is 0 Å². The molecule has 2 aromatic rings. The fraction of sp³-hybridized carbons (Fsp3) is 0.500. The topological polar surface area (TPSA) is 56.0 Å². The van der Waals surface area contributed by atoms with Gasteiger partial charge in [-0.2, -0.15) is 10.2 Å². The average Bonchev–Trinajstić information content (AvgIpc) is 3.01. The van der Waals surface area contributed by atoms with Crippen LogP contribution in [0.3, 0.4) is 0 Å². The van der Waals surface area contributed by atoms with Gasteiger partial charge in [0.25, 0.3) is 0 Å². The number of aromatic nitrogens is 4. The highest BCUT2D eigenvalue weighted by atomic mass is 79.9. The molecule has 8 heteroatoms. The number of nitrogens with zero attached hydrogens (tertiary/aromatic N) is 5. The first-order valence-corrected chi connectivity index (χ1v) is 8.23. The molecule has 0 aliphatic heterocycles. The summed E-state index contributed by atoms with van der Waals surface area (Å²) < 4.78 is 4.53. The van der Waals surface area contributed by atoms with E-state index in [-0.39, 0.29) is 5.91 Å². The summed E-state index contributed by atoms with van der Waals surface area (Å²) in [7, 11) is 1.76. The van der Waals surface area contributed by atoms with Crippen LogP contribution in [0.1, 0.15) is 24.7 Å². The molecule has 0 unspecified atom stereocenters. The second-order valence-electron chi connectivity index (χ2n) is 5.08. The van der Waals surface area contributed by atoms with Gasteiger partial charge >= 0.3 is 0 Å². The number of carbonyl (C=O) groups is 1. The van der Waals surface area contributed by atoms with E-state index in [2.05, 4.69) is 26.1 Å². The van der Waals surface area contributed by atoms with Crippen LogP contribution in [0.5, 0.6) is 0 Å². The Kier molecular flexibility index (Phi) is 5.63. The maximum Gasteiger partial charge on any atom is 0.224 e. The van der Waals surface area contributed by atoms with Gasteiger partial charge in [-0.1, -0.05) is 11.6 Å². The molecule has 0 N–H and O–H groups in total. The minimum absolute atomic E-state index is 0.0353. The predicted octanol–water partition coefficient (Wildman–Crippen LogP) is 2.87. The first-order chi connectivity index (χ1) is 10.4. The van der Waals surface area contributed by atoms with Crippen molar-refractivity contribution in [1.82, 2.24) is 24.5 Å². The van der Waals surface area contributed by atoms with Gasteiger partial charge in [0.2, 0.25) is 5.91 Å². The number of amides is 1. The van der Waals surface area contributed by atoms with Crippen LogP contribution in [0.25, 0.3) is 0 Å². The summed E-state index contributed by atoms with van der Waals surface area (Å²) in [5, 5.41) is 9.17. The van der Waals surface area contributed by atoms with Crippen LogP contribution in [-0.2, 0) is 24.4 Å². The molecule has 22 heavy (non-hydrogen) atoms. The molecule has 0 aliphatic rings. The number of carbonyl (C=O) groups excluding carboxylic acids is 1. The van der Waals surface area contributed by atoms with Crippen LogP contribution in [0, 0.1) is 6.92 Å². The van der Waals surface area contributed by atoms with Gasteiger partial charge in [0.15, 0.2) is 0 Å². The van der Waals surface area contributed by atoms with E-state index in [0.717, 1.165) is 22.4 Å². The highest BCUT2D eigenvalue weighted by molar-refractivity contribution is 9.10. The molecule has 6 nitrogen and oxygen atoms in total. The number of aryl methyl sites for hydroxylation is 2. The normalized spacial score (nSPS) is 11.0. The Balaban J connectivity index is 1.91. The van der Waals surface area contributed by atoms with Gasteiger partial charge in [-0.15, -0.1) is 0 Å². The Morgan fingerprint density at radius 1 is 1.50 bits per heavy atom. The highest BCUT2D eigenvalue weighted by Gasteiger charge is 2.14. The van der Waals surface area contributed by atoms with Crippen molar-refractivity contribution in [2.75, 3.05) is 7.05 Å². The van der Waals surface area contributed by atoms with E-state index in [1.807, 2.05) is 18.5 Å². The fourth-order valence-corrected chi connectivity index (χ4v) is 2.57. The fourth-order valence-electron chi connectivity index (χ4n) is 2.06. The summed E-state index contributed by atoms with van der Waals surface area (Å²) in [6.07, 6.45) is 3.90. The largest absolute Gasteiger partial charge is 0.340 e. The summed E-state index contributed by atoms with van der Waals surface area (Å²) in [5.74, 6) is 0.0353. The van der Waals surface area contributed by atoms with E-state index in [0.29, 0.717) is 24.5 Å². The Bertz CT molecular complexity index is 666. The predicted molar refractivity (Wildman–Crippen MR) is 88.7 cm³/mol. The van der Waals surface area contributed by atoms with Gasteiger partial charge in [0.05, 0.1) is 22.2 Å². The third-order valence-corrected chi connectivity index (χ3v) is 4.60. The lowest BCUT2D eigenvalue weighted by Crippen LogP contribution is -2.27. The van der Waals surface area contributed by atoms with Crippen molar-refractivity contribution in [3.8, 4) is 0 Å². The third kappa shape index (κ3) is 3.89. The molecule has 2 heterocycles. The molecule has 0 atom stereocenters. The summed E-state index contributed by atoms with van der Waals surface area (Å²) in [5.41, 5.74) is 1.73. The van der Waals surface area contributed by atoms with E-state index >= 15 is 0 Å². The van der Waals surface area contributed by atoms with E-state index in [4.69, 9.17) is 11.6 Å². The zero-order valence-corrected chi connectivity index (χ0v) is 15.2. The van der Waals surface area contributed by atoms with Crippen LogP contribution in [0.4, 0.5) is 0 Å². The molecule has 0 saturated carbocycles. The lowest BCUT2D eigenvalue weighted by molar-refractivity contribution is -0.130. The molecule has 0 radical (unpaired) electrons. The molecular formula is C14H19BrClN5O. The SMILES string of the molecule is CCn1cc(Cl)c(CN(C)C(=O)CCn2ncc(Br)c2C)n1. The van der Waals surface area contributed by atoms with Crippen LogP contribution < -0.4 is 0 Å². The maximum atomic E-state index is 12.2. The first kappa shape index (κ1) is 17.0. The molecule has 120 valence electrons. The van der Waals surface area contributed by atoms with Gasteiger partial charge in [0, 0.05) is 38.4 Å². The molecule has 0 aromatic carbocycles. The second-order valence-corrected chi connectivity index (χ2v) is 6.34. The monoisotopic (exact) mass is 387 g/mol. The third-order valence-electron chi connectivity index (χ3n) is 3.50. The summed E-state index contributed by atoms with van der Waals surface area (Å²) >= 11 is 9.54. The van der Waals surface area contributed by atoms with Gasteiger partial charge < -0.3 is 4.90 Å². The second kappa shape index (κ2) is 7.28. The standard InChI is InChI=1S/C14H19BrClN5O/c1-4-20-8-12(16)13(18-20)9-19(3)14(22)5-6-21-10(2)11(15)7-17-21/h7-8H,4-6,9H2,1-3H3. The van der Waals surface area contributed by atoms with Crippen molar-refractivity contribution in [1.29, 1.82) is 0 Å². The van der Waals surface area contributed by atoms with E-state index in [1.165, 1.54) is 0 Å². The van der Waals surface area contributed by atoms with Gasteiger partial charge in [-0.25, -0.2) is 0 Å². The molecule has 0 aliphatic carbocycles. The molecule has 0 bridgehead atoms. The smallest absolute Gasteiger partial charge is 0.224 e. The van der Waals surface area contributed by atoms with E-state index in [9.17, 15) is 4.79 Å². The van der Waals surface area contributed by atoms with Crippen LogP contribution in [0.2, 0.25) is 5.02 Å². The van der Waals surface area contributed by atoms with Crippen LogP contribution >= 0.6 is 27.5 Å². The lowest BCUT2D eigenvalue weighted by Gasteiger charge is -2.16. The lowest BCUT2D eigenvalue weighted by atomic mass is 10.3.